The summed E-state index contributed by atoms with van der Waals surface area (Å²) in [6.45, 7) is 5.41. The van der Waals surface area contributed by atoms with Gasteiger partial charge in [-0.05, 0) is 266 Å². The van der Waals surface area contributed by atoms with E-state index in [9.17, 15) is 0 Å². The Morgan fingerprint density at radius 1 is 0.366 bits per heavy atom. The summed E-state index contributed by atoms with van der Waals surface area (Å²) in [5.74, 6) is -3.41. The predicted octanol–water partition coefficient (Wildman–Crippen LogP) is 19.9. The van der Waals surface area contributed by atoms with Crippen molar-refractivity contribution in [1.29, 1.82) is 0 Å². The van der Waals surface area contributed by atoms with Crippen LogP contribution in [0.1, 0.15) is 215 Å². The highest BCUT2D eigenvalue weighted by Gasteiger charge is 2.21. The van der Waals surface area contributed by atoms with Gasteiger partial charge in [-0.15, -0.1) is 0 Å². The molecule has 0 aliphatic heterocycles. The third-order valence-corrected chi connectivity index (χ3v) is 16.2. The highest BCUT2D eigenvalue weighted by molar-refractivity contribution is 5.67. The van der Waals surface area contributed by atoms with E-state index in [1.807, 2.05) is 136 Å². The zero-order valence-electron chi connectivity index (χ0n) is 89.0. The van der Waals surface area contributed by atoms with E-state index < -0.39 is 85.2 Å². The number of aromatic nitrogens is 5. The lowest BCUT2D eigenvalue weighted by Crippen LogP contribution is -2.32. The van der Waals surface area contributed by atoms with Crippen LogP contribution in [-0.2, 0) is 48.0 Å². The van der Waals surface area contributed by atoms with Crippen molar-refractivity contribution >= 4 is 0 Å². The van der Waals surface area contributed by atoms with Gasteiger partial charge in [0.1, 0.15) is 35.2 Å². The highest BCUT2D eigenvalue weighted by atomic mass is 14.9. The molecule has 0 saturated heterocycles. The number of nitrogens with zero attached hydrogens (tertiary/aromatic N) is 5. The molecule has 0 spiro atoms. The van der Waals surface area contributed by atoms with Crippen molar-refractivity contribution in [2.24, 2.45) is 40.7 Å². The summed E-state index contributed by atoms with van der Waals surface area (Å²) in [5, 5.41) is 0. The van der Waals surface area contributed by atoms with Crippen molar-refractivity contribution in [2.45, 2.75) is 183 Å². The van der Waals surface area contributed by atoms with Crippen molar-refractivity contribution in [3.05, 3.63) is 264 Å². The second kappa shape index (κ2) is 32.1. The zero-order valence-corrected chi connectivity index (χ0v) is 58.0. The molecule has 0 amide bonds. The number of hydrogen-bond acceptors (Lipinski definition) is 0. The van der Waals surface area contributed by atoms with Gasteiger partial charge in [-0.3, -0.25) is 0 Å². The molecular formula is C88H116N5+5. The molecule has 2 unspecified atom stereocenters. The fourth-order valence-corrected chi connectivity index (χ4v) is 11.1. The average molecular weight is 1280 g/mol. The normalized spacial score (nSPS) is 18.6. The first-order valence-corrected chi connectivity index (χ1v) is 31.0. The molecule has 93 heavy (non-hydrogen) atoms. The van der Waals surface area contributed by atoms with Crippen LogP contribution in [0.3, 0.4) is 0 Å². The number of rotatable bonds is 9. The van der Waals surface area contributed by atoms with Crippen LogP contribution in [0.5, 0.6) is 0 Å². The minimum absolute atomic E-state index is 0.0457. The lowest BCUT2D eigenvalue weighted by molar-refractivity contribution is -0.661. The summed E-state index contributed by atoms with van der Waals surface area (Å²) in [5.41, 5.74) is 19.9. The molecule has 0 bridgehead atoms. The molecular weight excluding hydrogens is 1130 g/mol. The molecule has 2 atom stereocenters. The third kappa shape index (κ3) is 19.7. The summed E-state index contributed by atoms with van der Waals surface area (Å²) in [6, 6.07) is 37.0. The predicted molar refractivity (Wildman–Crippen MR) is 397 cm³/mol. The minimum Gasteiger partial charge on any atom is -0.201 e. The van der Waals surface area contributed by atoms with Gasteiger partial charge in [-0.25, -0.2) is 22.8 Å². The van der Waals surface area contributed by atoms with Crippen LogP contribution in [0.25, 0.3) is 56.3 Å². The van der Waals surface area contributed by atoms with Crippen LogP contribution in [0, 0.1) is 109 Å². The van der Waals surface area contributed by atoms with E-state index >= 15 is 0 Å². The molecule has 5 aromatic heterocycles. The summed E-state index contributed by atoms with van der Waals surface area (Å²) < 4.78 is 246. The third-order valence-electron chi connectivity index (χ3n) is 16.2. The fourth-order valence-electron chi connectivity index (χ4n) is 11.1. The minimum atomic E-state index is -2.44. The smallest absolute Gasteiger partial charge is 0.201 e. The monoisotopic (exact) mass is 1270 g/mol. The topological polar surface area (TPSA) is 19.4 Å². The van der Waals surface area contributed by atoms with Gasteiger partial charge in [0.2, 0.25) is 28.5 Å². The Labute approximate surface area is 608 Å². The van der Waals surface area contributed by atoms with Crippen molar-refractivity contribution < 1.29 is 65.3 Å². The summed E-state index contributed by atoms with van der Waals surface area (Å²) in [7, 11) is 9.06. The first-order chi connectivity index (χ1) is 55.9. The highest BCUT2D eigenvalue weighted by Crippen LogP contribution is 2.31. The molecule has 5 aromatic carbocycles. The standard InChI is InChI=1S/C19H26N.2C18H24N.C17H22N.C16H20N/c1-14-7-9-17(15(2)11-14)18-10-8-16(13-20(18)6)12-19(3,4)5;1-12(2)16-7-8-18(19(6)11-16)17-10-14(4)13(3)9-15(17)5;1-12(2)16-9-15(5)17(10-14(16)4)18-8-7-13(3)11-19(18)6;1-6-15-9-14(4)16(10-13(15)3)17-8-7-12(2)11-18(17)5;1-11-6-7-16(17(5)10-11)15-9-13(3)12(2)8-14(15)4/h7-11,13H,12H2,1-6H3;2*7-12H,1-6H3;7-11H,6H2,1-5H3;6-10H,1-5H3/q5*+1/i1D3,12D2;2*1D3,3D3,12D;2*1D3,2D3. The largest absolute Gasteiger partial charge is 0.212 e. The van der Waals surface area contributed by atoms with Crippen LogP contribution in [-0.4, -0.2) is 0 Å². The summed E-state index contributed by atoms with van der Waals surface area (Å²) >= 11 is 0. The van der Waals surface area contributed by atoms with Gasteiger partial charge < -0.3 is 0 Å². The van der Waals surface area contributed by atoms with Crippen LogP contribution in [0.4, 0.5) is 0 Å². The molecule has 0 fully saturated rings. The molecule has 0 radical (unpaired) electrons. The van der Waals surface area contributed by atoms with Gasteiger partial charge in [-0.2, -0.15) is 0 Å². The van der Waals surface area contributed by atoms with E-state index in [1.54, 1.807) is 164 Å². The van der Waals surface area contributed by atoms with Gasteiger partial charge in [0, 0.05) is 128 Å². The lowest BCUT2D eigenvalue weighted by atomic mass is 9.88. The van der Waals surface area contributed by atoms with Crippen LogP contribution < -0.4 is 22.8 Å². The van der Waals surface area contributed by atoms with E-state index in [2.05, 4.69) is 0 Å². The van der Waals surface area contributed by atoms with Gasteiger partial charge >= 0.3 is 0 Å². The van der Waals surface area contributed by atoms with Crippen molar-refractivity contribution in [3.63, 3.8) is 0 Å². The molecule has 0 N–H and O–H groups in total. The molecule has 488 valence electrons. The molecule has 0 aliphatic carbocycles. The van der Waals surface area contributed by atoms with Gasteiger partial charge in [0.05, 0.1) is 0 Å². The van der Waals surface area contributed by atoms with Crippen LogP contribution in [0.2, 0.25) is 0 Å². The molecule has 10 aromatic rings. The summed E-state index contributed by atoms with van der Waals surface area (Å²) in [4.78, 5) is 0. The first kappa shape index (κ1) is 40.8. The molecule has 5 heterocycles. The maximum atomic E-state index is 8.42. The number of hydrogen-bond donors (Lipinski definition) is 0. The van der Waals surface area contributed by atoms with Crippen molar-refractivity contribution in [1.82, 2.24) is 0 Å². The lowest BCUT2D eigenvalue weighted by Gasteiger charge is -2.17. The Balaban J connectivity index is 0.000000240. The Morgan fingerprint density at radius 3 is 1.18 bits per heavy atom. The average Bonchev–Trinajstić information content (AvgIpc) is 0.767. The second-order valence-corrected chi connectivity index (χ2v) is 25.4. The Kier molecular flexibility index (Phi) is 14.1. The molecule has 5 nitrogen and oxygen atoms in total. The van der Waals surface area contributed by atoms with E-state index in [0.717, 1.165) is 101 Å². The van der Waals surface area contributed by atoms with Gasteiger partial charge in [0.25, 0.3) is 0 Å². The van der Waals surface area contributed by atoms with Crippen molar-refractivity contribution in [3.8, 4) is 56.3 Å². The van der Waals surface area contributed by atoms with Crippen molar-refractivity contribution in [2.75, 3.05) is 0 Å². The van der Waals surface area contributed by atoms with E-state index in [0.29, 0.717) is 50.1 Å². The number of pyridine rings is 5. The molecule has 0 aliphatic rings. The second-order valence-electron chi connectivity index (χ2n) is 25.4. The van der Waals surface area contributed by atoms with Crippen LogP contribution >= 0.6 is 0 Å². The Bertz CT molecular complexity index is 5520. The quantitative estimate of drug-likeness (QED) is 0.128. The van der Waals surface area contributed by atoms with E-state index in [-0.39, 0.29) is 17.5 Å². The maximum absolute atomic E-state index is 8.42. The number of aryl methyl sites for hydroxylation is 21. The number of benzene rings is 5. The molecule has 10 rings (SSSR count). The maximum Gasteiger partial charge on any atom is 0.212 e. The fraction of sp³-hybridized carbons (Fsp3) is 0.375. The molecule has 0 saturated carbocycles. The van der Waals surface area contributed by atoms with Crippen LogP contribution in [0.15, 0.2) is 158 Å². The SMILES string of the molecule is [2H]C([2H])([2H])Cc1cc(C)c(-c2ccc(C([2H])([2H])[2H])c[n+]2C)cc1C.[2H]C([2H])([2H])c1cc(C)c(-c2ccc(C([2H])(C)C([2H])([2H])[2H])c[n+]2C)cc1C.[2H]C([2H])([2H])c1ccc(-c2cc(C)c(C([2H])(C)C([2H])([2H])[2H])cc2C)[n+](C)c1.[2H]C([2H])([2H])c1ccc(-c2cc(C)c(C([2H])([2H])[2H])cc2C)[n+](C)c1.[2H]C([2H])([2H])c1ccc(-c2ccc(C([2H])([2H])C(C)(C)C)c[n+]2C)c(C)c1. The zero-order chi connectivity index (χ0) is 95.2. The Hall–Kier alpha value is -8.15. The van der Waals surface area contributed by atoms with E-state index in [1.165, 1.54) is 13.8 Å². The van der Waals surface area contributed by atoms with E-state index in [4.69, 9.17) is 42.5 Å². The van der Waals surface area contributed by atoms with Gasteiger partial charge in [0.15, 0.2) is 31.0 Å². The Morgan fingerprint density at radius 2 is 0.763 bits per heavy atom. The summed E-state index contributed by atoms with van der Waals surface area (Å²) in [6.07, 6.45) is 6.86. The van der Waals surface area contributed by atoms with Gasteiger partial charge in [-0.1, -0.05) is 97.1 Å². The first-order valence-electron chi connectivity index (χ1n) is 46.5. The molecule has 5 heteroatoms.